The largest absolute Gasteiger partial charge is 0.416 e. The predicted octanol–water partition coefficient (Wildman–Crippen LogP) is 7.31. The lowest BCUT2D eigenvalue weighted by atomic mass is 9.58. The summed E-state index contributed by atoms with van der Waals surface area (Å²) < 4.78 is 6.86. The molecule has 1 aliphatic rings. The number of hydrogen-bond acceptors (Lipinski definition) is 1. The third-order valence-corrected chi connectivity index (χ3v) is 12.8. The van der Waals surface area contributed by atoms with E-state index in [1.54, 1.807) is 5.57 Å². The molecule has 1 aromatic rings. The van der Waals surface area contributed by atoms with Gasteiger partial charge in [0.15, 0.2) is 8.32 Å². The van der Waals surface area contributed by atoms with E-state index in [1.165, 1.54) is 12.0 Å². The predicted molar refractivity (Wildman–Crippen MR) is 113 cm³/mol. The molecule has 1 nitrogen and oxygen atoms in total. The topological polar surface area (TPSA) is 9.23 Å². The highest BCUT2D eigenvalue weighted by Gasteiger charge is 2.48. The average Bonchev–Trinajstić information content (AvgIpc) is 2.53. The van der Waals surface area contributed by atoms with Crippen LogP contribution in [0.4, 0.5) is 0 Å². The Morgan fingerprint density at radius 3 is 1.96 bits per heavy atom. The molecule has 1 unspecified atom stereocenters. The first-order valence-electron chi connectivity index (χ1n) is 10.0. The molecular formula is C23H38OSi. The number of rotatable bonds is 7. The molecule has 140 valence electrons. The summed E-state index contributed by atoms with van der Waals surface area (Å²) >= 11 is 0. The minimum atomic E-state index is -1.75. The smallest absolute Gasteiger partial charge is 0.200 e. The molecule has 1 aliphatic carbocycles. The molecular weight excluding hydrogens is 320 g/mol. The van der Waals surface area contributed by atoms with E-state index >= 15 is 0 Å². The second kappa shape index (κ2) is 7.80. The molecule has 2 heteroatoms. The van der Waals surface area contributed by atoms with Crippen molar-refractivity contribution in [1.82, 2.24) is 0 Å². The van der Waals surface area contributed by atoms with E-state index in [0.29, 0.717) is 22.5 Å². The van der Waals surface area contributed by atoms with Gasteiger partial charge in [0.05, 0.1) is 0 Å². The zero-order chi connectivity index (χ0) is 18.8. The van der Waals surface area contributed by atoms with Crippen LogP contribution in [0.15, 0.2) is 35.9 Å². The van der Waals surface area contributed by atoms with Gasteiger partial charge in [0, 0.05) is 6.61 Å². The van der Waals surface area contributed by atoms with Gasteiger partial charge in [0.25, 0.3) is 0 Å². The Balaban J connectivity index is 2.08. The summed E-state index contributed by atoms with van der Waals surface area (Å²) in [6, 6.07) is 10.7. The summed E-state index contributed by atoms with van der Waals surface area (Å²) in [7, 11) is -1.75. The van der Waals surface area contributed by atoms with Crippen LogP contribution in [0.2, 0.25) is 16.6 Å². The van der Waals surface area contributed by atoms with E-state index in [4.69, 9.17) is 4.43 Å². The van der Waals surface area contributed by atoms with Crippen LogP contribution in [0.3, 0.4) is 0 Å². The van der Waals surface area contributed by atoms with Crippen molar-refractivity contribution in [2.24, 2.45) is 11.3 Å². The lowest BCUT2D eigenvalue weighted by Crippen LogP contribution is -2.51. The van der Waals surface area contributed by atoms with Gasteiger partial charge in [-0.15, -0.1) is 0 Å². The van der Waals surface area contributed by atoms with E-state index in [-0.39, 0.29) is 5.41 Å². The average molecular weight is 359 g/mol. The third kappa shape index (κ3) is 3.95. The summed E-state index contributed by atoms with van der Waals surface area (Å²) in [6.45, 7) is 20.0. The second-order valence-electron chi connectivity index (χ2n) is 9.33. The van der Waals surface area contributed by atoms with Crippen LogP contribution >= 0.6 is 0 Å². The molecule has 0 spiro atoms. The molecule has 2 rings (SSSR count). The standard InChI is InChI=1S/C23H38OSi/c1-17(2)25(18(3)4,19(5)6)24-16-22-15-21(23(22,7)8)14-20-12-10-9-11-13-20/h9-14,17-19,22H,15-16H2,1-8H3. The molecule has 0 heterocycles. The molecule has 1 atom stereocenters. The fraction of sp³-hybridized carbons (Fsp3) is 0.652. The van der Waals surface area contributed by atoms with Gasteiger partial charge in [-0.05, 0) is 39.9 Å². The summed E-state index contributed by atoms with van der Waals surface area (Å²) in [5.74, 6) is 0.644. The molecule has 0 amide bonds. The Bertz CT molecular complexity index is 562. The van der Waals surface area contributed by atoms with Gasteiger partial charge >= 0.3 is 0 Å². The second-order valence-corrected chi connectivity index (χ2v) is 14.8. The quantitative estimate of drug-likeness (QED) is 0.464. The lowest BCUT2D eigenvalue weighted by molar-refractivity contribution is 0.0889. The third-order valence-electron chi connectivity index (χ3n) is 6.70. The lowest BCUT2D eigenvalue weighted by Gasteiger charge is -2.50. The van der Waals surface area contributed by atoms with Gasteiger partial charge in [0.1, 0.15) is 0 Å². The maximum Gasteiger partial charge on any atom is 0.200 e. The van der Waals surface area contributed by atoms with Crippen molar-refractivity contribution < 1.29 is 4.43 Å². The van der Waals surface area contributed by atoms with Gasteiger partial charge in [-0.2, -0.15) is 0 Å². The highest BCUT2D eigenvalue weighted by molar-refractivity contribution is 6.77. The maximum absolute atomic E-state index is 6.86. The van der Waals surface area contributed by atoms with E-state index in [9.17, 15) is 0 Å². The normalized spacial score (nSPS) is 22.0. The first kappa shape index (κ1) is 20.4. The fourth-order valence-corrected chi connectivity index (χ4v) is 10.4. The zero-order valence-electron chi connectivity index (χ0n) is 17.6. The van der Waals surface area contributed by atoms with E-state index in [2.05, 4.69) is 91.8 Å². The first-order valence-corrected chi connectivity index (χ1v) is 12.2. The Kier molecular flexibility index (Phi) is 6.38. The van der Waals surface area contributed by atoms with Crippen LogP contribution in [-0.2, 0) is 4.43 Å². The Hall–Kier alpha value is -0.863. The van der Waals surface area contributed by atoms with E-state index < -0.39 is 8.32 Å². The van der Waals surface area contributed by atoms with Crippen molar-refractivity contribution in [2.45, 2.75) is 78.4 Å². The SMILES string of the molecule is CC(C)[Si](OCC1CC(=Cc2ccccc2)C1(C)C)(C(C)C)C(C)C. The van der Waals surface area contributed by atoms with Gasteiger partial charge < -0.3 is 4.43 Å². The van der Waals surface area contributed by atoms with Crippen molar-refractivity contribution in [1.29, 1.82) is 0 Å². The summed E-state index contributed by atoms with van der Waals surface area (Å²) in [4.78, 5) is 0. The molecule has 25 heavy (non-hydrogen) atoms. The molecule has 0 bridgehead atoms. The van der Waals surface area contributed by atoms with Gasteiger partial charge in [0.2, 0.25) is 0 Å². The summed E-state index contributed by atoms with van der Waals surface area (Å²) in [5.41, 5.74) is 5.12. The number of hydrogen-bond donors (Lipinski definition) is 0. The zero-order valence-corrected chi connectivity index (χ0v) is 18.6. The van der Waals surface area contributed by atoms with Gasteiger partial charge in [-0.3, -0.25) is 0 Å². The highest BCUT2D eigenvalue weighted by atomic mass is 28.4. The Morgan fingerprint density at radius 2 is 1.52 bits per heavy atom. The molecule has 0 aliphatic heterocycles. The molecule has 0 N–H and O–H groups in total. The minimum absolute atomic E-state index is 0.251. The van der Waals surface area contributed by atoms with Crippen LogP contribution in [-0.4, -0.2) is 14.9 Å². The van der Waals surface area contributed by atoms with E-state index in [1.807, 2.05) is 0 Å². The summed E-state index contributed by atoms with van der Waals surface area (Å²) in [6.07, 6.45) is 3.56. The van der Waals surface area contributed by atoms with Crippen molar-refractivity contribution in [3.05, 3.63) is 41.5 Å². The molecule has 0 radical (unpaired) electrons. The Morgan fingerprint density at radius 1 is 1.00 bits per heavy atom. The minimum Gasteiger partial charge on any atom is -0.416 e. The van der Waals surface area contributed by atoms with Gasteiger partial charge in [-0.1, -0.05) is 97.4 Å². The molecule has 0 aromatic heterocycles. The monoisotopic (exact) mass is 358 g/mol. The highest BCUT2D eigenvalue weighted by Crippen LogP contribution is 2.53. The van der Waals surface area contributed by atoms with Crippen molar-refractivity contribution in [3.8, 4) is 0 Å². The van der Waals surface area contributed by atoms with Crippen LogP contribution < -0.4 is 0 Å². The summed E-state index contributed by atoms with van der Waals surface area (Å²) in [5, 5.41) is 0. The van der Waals surface area contributed by atoms with Crippen LogP contribution in [0.1, 0.15) is 67.4 Å². The molecule has 1 aromatic carbocycles. The number of benzene rings is 1. The molecule has 0 saturated heterocycles. The van der Waals surface area contributed by atoms with Crippen molar-refractivity contribution >= 4 is 14.4 Å². The Labute approximate surface area is 157 Å². The van der Waals surface area contributed by atoms with Gasteiger partial charge in [-0.25, -0.2) is 0 Å². The van der Waals surface area contributed by atoms with Crippen LogP contribution in [0.25, 0.3) is 6.08 Å². The van der Waals surface area contributed by atoms with Crippen molar-refractivity contribution in [3.63, 3.8) is 0 Å². The fourth-order valence-electron chi connectivity index (χ4n) is 4.92. The van der Waals surface area contributed by atoms with Crippen LogP contribution in [0.5, 0.6) is 0 Å². The van der Waals surface area contributed by atoms with Crippen LogP contribution in [0, 0.1) is 11.3 Å². The molecule has 1 fully saturated rings. The van der Waals surface area contributed by atoms with E-state index in [0.717, 1.165) is 6.61 Å². The maximum atomic E-state index is 6.86. The first-order chi connectivity index (χ1) is 11.6. The molecule has 1 saturated carbocycles. The van der Waals surface area contributed by atoms with Crippen molar-refractivity contribution in [2.75, 3.05) is 6.61 Å². The number of allylic oxidation sites excluding steroid dienone is 1.